The number of carbonyl (C=O) groups is 5. The van der Waals surface area contributed by atoms with Crippen LogP contribution in [0, 0.1) is 0 Å². The summed E-state index contributed by atoms with van der Waals surface area (Å²) in [6, 6.07) is 18.5. The van der Waals surface area contributed by atoms with Crippen LogP contribution in [0.25, 0.3) is 11.5 Å². The van der Waals surface area contributed by atoms with Crippen LogP contribution in [0.2, 0.25) is 0 Å². The molecular formula is C45H47N11O8. The van der Waals surface area contributed by atoms with Crippen molar-refractivity contribution in [3.63, 3.8) is 0 Å². The minimum atomic E-state index is -1.01. The summed E-state index contributed by atoms with van der Waals surface area (Å²) < 4.78 is 11.6. The Labute approximate surface area is 367 Å². The van der Waals surface area contributed by atoms with Crippen LogP contribution in [-0.2, 0) is 26.3 Å². The first-order chi connectivity index (χ1) is 31.0. The van der Waals surface area contributed by atoms with Gasteiger partial charge in [0.15, 0.2) is 0 Å². The van der Waals surface area contributed by atoms with E-state index in [1.54, 1.807) is 30.5 Å². The van der Waals surface area contributed by atoms with E-state index in [9.17, 15) is 29.1 Å². The Kier molecular flexibility index (Phi) is 11.6. The fourth-order valence-corrected chi connectivity index (χ4v) is 8.56. The zero-order valence-electron chi connectivity index (χ0n) is 35.3. The van der Waals surface area contributed by atoms with E-state index >= 15 is 0 Å². The molecule has 330 valence electrons. The number of nitrogens with one attached hydrogen (secondary N) is 4. The van der Waals surface area contributed by atoms with Gasteiger partial charge in [-0.05, 0) is 56.2 Å². The number of carbonyl (C=O) groups excluding carboxylic acids is 5. The maximum Gasteiger partial charge on any atom is 0.339 e. The molecule has 9 rings (SSSR count). The Bertz CT molecular complexity index is 2630. The number of cyclic esters (lactones) is 1. The number of ether oxygens (including phenoxy) is 1. The molecule has 6 heterocycles. The Morgan fingerprint density at radius 1 is 0.906 bits per heavy atom. The summed E-state index contributed by atoms with van der Waals surface area (Å²) in [5.41, 5.74) is 3.69. The minimum absolute atomic E-state index is 0.0669. The lowest BCUT2D eigenvalue weighted by Crippen LogP contribution is -2.54. The van der Waals surface area contributed by atoms with E-state index in [0.717, 1.165) is 35.7 Å². The summed E-state index contributed by atoms with van der Waals surface area (Å²) in [6.45, 7) is 8.31. The number of piperidine rings is 1. The molecular weight excluding hydrogens is 823 g/mol. The number of aliphatic hydroxyl groups is 1. The number of benzene rings is 3. The molecule has 0 radical (unpaired) electrons. The van der Waals surface area contributed by atoms with Gasteiger partial charge in [0.2, 0.25) is 23.7 Å². The maximum atomic E-state index is 13.6. The normalized spacial score (nSPS) is 18.7. The molecule has 2 saturated heterocycles. The number of piperazine rings is 1. The minimum Gasteiger partial charge on any atom is -0.451 e. The van der Waals surface area contributed by atoms with Crippen molar-refractivity contribution >= 4 is 52.7 Å². The second kappa shape index (κ2) is 17.6. The van der Waals surface area contributed by atoms with E-state index in [0.29, 0.717) is 72.4 Å². The maximum absolute atomic E-state index is 13.6. The van der Waals surface area contributed by atoms with E-state index in [2.05, 4.69) is 46.2 Å². The van der Waals surface area contributed by atoms with Gasteiger partial charge >= 0.3 is 5.97 Å². The van der Waals surface area contributed by atoms with Gasteiger partial charge in [0.25, 0.3) is 17.7 Å². The molecule has 5 N–H and O–H groups in total. The lowest BCUT2D eigenvalue weighted by atomic mass is 9.95. The third-order valence-electron chi connectivity index (χ3n) is 12.0. The number of aliphatic hydroxyl groups excluding tert-OH is 1. The van der Waals surface area contributed by atoms with Gasteiger partial charge in [0, 0.05) is 76.1 Å². The molecule has 2 atom stereocenters. The topological polar surface area (TPSA) is 237 Å². The van der Waals surface area contributed by atoms with Gasteiger partial charge in [-0.25, -0.2) is 9.78 Å². The van der Waals surface area contributed by atoms with E-state index in [4.69, 9.17) is 14.1 Å². The predicted molar refractivity (Wildman–Crippen MR) is 232 cm³/mol. The summed E-state index contributed by atoms with van der Waals surface area (Å²) in [7, 11) is 0. The molecule has 2 fully saturated rings. The third-order valence-corrected chi connectivity index (χ3v) is 12.0. The molecule has 0 saturated carbocycles. The van der Waals surface area contributed by atoms with E-state index < -0.39 is 41.3 Å². The number of rotatable bonds is 15. The number of hydrogen-bond donors (Lipinski definition) is 5. The average molecular weight is 870 g/mol. The number of anilines is 4. The zero-order valence-corrected chi connectivity index (χ0v) is 35.3. The molecule has 19 nitrogen and oxygen atoms in total. The highest BCUT2D eigenvalue weighted by atomic mass is 16.6. The summed E-state index contributed by atoms with van der Waals surface area (Å²) >= 11 is 0. The van der Waals surface area contributed by atoms with Crippen molar-refractivity contribution in [3.05, 3.63) is 107 Å². The molecule has 0 spiro atoms. The van der Waals surface area contributed by atoms with Gasteiger partial charge in [-0.2, -0.15) is 4.98 Å². The SMILES string of the molecule is CC1(C)OC(=O)c2ccc(Nc3ncc(-c4nnc(CCNCCN5CCN(c6cccc7c6C(=O)N(C6CCC(=O)NC6=O)C7=O)CC5)o4)c(N[C@H](CO)c4ccccc4)n3)cc21. The zero-order chi connectivity index (χ0) is 44.5. The monoisotopic (exact) mass is 869 g/mol. The number of amides is 4. The average Bonchev–Trinajstić information content (AvgIpc) is 3.94. The molecule has 3 aromatic carbocycles. The molecule has 2 aromatic heterocycles. The highest BCUT2D eigenvalue weighted by molar-refractivity contribution is 6.25. The van der Waals surface area contributed by atoms with E-state index in [-0.39, 0.29) is 42.8 Å². The largest absolute Gasteiger partial charge is 0.451 e. The van der Waals surface area contributed by atoms with Gasteiger partial charge < -0.3 is 35.1 Å². The quantitative estimate of drug-likeness (QED) is 0.0577. The van der Waals surface area contributed by atoms with E-state index in [1.807, 2.05) is 56.3 Å². The summed E-state index contributed by atoms with van der Waals surface area (Å²) in [4.78, 5) is 78.3. The summed E-state index contributed by atoms with van der Waals surface area (Å²) in [5, 5.41) is 31.3. The highest BCUT2D eigenvalue weighted by Gasteiger charge is 2.46. The van der Waals surface area contributed by atoms with Gasteiger partial charge in [-0.1, -0.05) is 36.4 Å². The number of aromatic nitrogens is 4. The number of imide groups is 2. The van der Waals surface area contributed by atoms with E-state index in [1.165, 1.54) is 0 Å². The fraction of sp³-hybridized carbons (Fsp3) is 0.356. The van der Waals surface area contributed by atoms with Crippen LogP contribution in [0.5, 0.6) is 0 Å². The second-order valence-corrected chi connectivity index (χ2v) is 16.5. The number of nitrogens with zero attached hydrogens (tertiary/aromatic N) is 7. The number of hydrogen-bond acceptors (Lipinski definition) is 17. The van der Waals surface area contributed by atoms with Gasteiger partial charge in [-0.15, -0.1) is 10.2 Å². The molecule has 4 aliphatic heterocycles. The molecule has 4 amide bonds. The van der Waals surface area contributed by atoms with Crippen LogP contribution in [-0.4, -0.2) is 123 Å². The molecule has 5 aromatic rings. The molecule has 19 heteroatoms. The van der Waals surface area contributed by atoms with Crippen LogP contribution >= 0.6 is 0 Å². The van der Waals surface area contributed by atoms with Gasteiger partial charge in [0.1, 0.15) is 17.5 Å². The smallest absolute Gasteiger partial charge is 0.339 e. The number of fused-ring (bicyclic) bond motifs is 2. The first kappa shape index (κ1) is 42.2. The van der Waals surface area contributed by atoms with Crippen molar-refractivity contribution in [2.24, 2.45) is 0 Å². The Hall–Kier alpha value is -7.09. The van der Waals surface area contributed by atoms with Crippen molar-refractivity contribution in [2.75, 3.05) is 68.0 Å². The molecule has 1 unspecified atom stereocenters. The third kappa shape index (κ3) is 8.39. The van der Waals surface area contributed by atoms with Crippen LogP contribution in [0.4, 0.5) is 23.1 Å². The Morgan fingerprint density at radius 3 is 2.50 bits per heavy atom. The van der Waals surface area contributed by atoms with Crippen molar-refractivity contribution in [1.82, 2.24) is 40.6 Å². The van der Waals surface area contributed by atoms with Gasteiger partial charge in [0.05, 0.1) is 40.6 Å². The summed E-state index contributed by atoms with van der Waals surface area (Å²) in [6.07, 6.45) is 2.22. The van der Waals surface area contributed by atoms with Crippen LogP contribution in [0.15, 0.2) is 77.3 Å². The first-order valence-corrected chi connectivity index (χ1v) is 21.3. The van der Waals surface area contributed by atoms with Crippen molar-refractivity contribution < 1.29 is 38.2 Å². The first-order valence-electron chi connectivity index (χ1n) is 21.3. The second-order valence-electron chi connectivity index (χ2n) is 16.5. The van der Waals surface area contributed by atoms with Crippen molar-refractivity contribution in [2.45, 2.75) is 50.8 Å². The predicted octanol–water partition coefficient (Wildman–Crippen LogP) is 3.18. The number of esters is 1. The Morgan fingerprint density at radius 2 is 1.72 bits per heavy atom. The fourth-order valence-electron chi connectivity index (χ4n) is 8.56. The lowest BCUT2D eigenvalue weighted by Gasteiger charge is -2.36. The van der Waals surface area contributed by atoms with Gasteiger partial charge in [-0.3, -0.25) is 34.3 Å². The molecule has 0 aliphatic carbocycles. The Balaban J connectivity index is 0.798. The van der Waals surface area contributed by atoms with Crippen molar-refractivity contribution in [1.29, 1.82) is 0 Å². The van der Waals surface area contributed by atoms with Crippen molar-refractivity contribution in [3.8, 4) is 11.5 Å². The van der Waals surface area contributed by atoms with Crippen LogP contribution in [0.1, 0.15) is 80.8 Å². The lowest BCUT2D eigenvalue weighted by molar-refractivity contribution is -0.136. The molecule has 64 heavy (non-hydrogen) atoms. The molecule has 4 aliphatic rings. The highest BCUT2D eigenvalue weighted by Crippen LogP contribution is 2.38. The van der Waals surface area contributed by atoms with Crippen LogP contribution in [0.3, 0.4) is 0 Å². The standard InChI is InChI=1S/C45H47N11O8/c1-45(2)31-23-27(11-12-28(31)43(62)64-45)48-44-47-24-30(38(51-44)49-32(25-57)26-7-4-3-5-8-26)40-53-52-36(63-40)15-16-46-17-18-54-19-21-55(22-20-54)33-10-6-9-29-37(33)42(61)56(41(29)60)34-13-14-35(58)50-39(34)59/h3-12,23-24,32,34,46,57H,13-22,25H2,1-2H3,(H,50,58,59)(H2,47,48,49,51)/t32-,34?/m1/s1. The summed E-state index contributed by atoms with van der Waals surface area (Å²) in [5.74, 6) is -1.18. The molecule has 0 bridgehead atoms. The van der Waals surface area contributed by atoms with Crippen LogP contribution < -0.4 is 26.2 Å².